The first-order valence-corrected chi connectivity index (χ1v) is 7.51. The molecule has 0 unspecified atom stereocenters. The number of halogens is 1. The van der Waals surface area contributed by atoms with E-state index in [-0.39, 0.29) is 17.9 Å². The summed E-state index contributed by atoms with van der Waals surface area (Å²) in [6.07, 6.45) is 1.85. The summed E-state index contributed by atoms with van der Waals surface area (Å²) in [7, 11) is 0. The predicted molar refractivity (Wildman–Crippen MR) is 86.1 cm³/mol. The minimum absolute atomic E-state index is 0.273. The van der Waals surface area contributed by atoms with Crippen molar-refractivity contribution in [2.75, 3.05) is 0 Å². The van der Waals surface area contributed by atoms with Crippen molar-refractivity contribution in [2.45, 2.75) is 26.2 Å². The number of amides is 2. The Labute approximate surface area is 134 Å². The number of nitrogens with one attached hydrogen (secondary N) is 2. The van der Waals surface area contributed by atoms with Gasteiger partial charge in [-0.15, -0.1) is 0 Å². The molecule has 0 atom stereocenters. The SMILES string of the molecule is CCc1ccc(CCC(=O)NNC(=O)c2ccc(F)cc2)cc1. The molecule has 0 heterocycles. The van der Waals surface area contributed by atoms with Crippen LogP contribution < -0.4 is 10.9 Å². The normalized spacial score (nSPS) is 10.2. The molecule has 0 spiro atoms. The van der Waals surface area contributed by atoms with E-state index in [1.165, 1.54) is 29.8 Å². The van der Waals surface area contributed by atoms with Crippen molar-refractivity contribution in [1.82, 2.24) is 10.9 Å². The van der Waals surface area contributed by atoms with Gasteiger partial charge in [-0.25, -0.2) is 4.39 Å². The molecule has 2 aromatic rings. The molecule has 5 heteroatoms. The van der Waals surface area contributed by atoms with Gasteiger partial charge in [-0.05, 0) is 48.2 Å². The number of aryl methyl sites for hydroxylation is 2. The molecular formula is C18H19FN2O2. The molecule has 2 amide bonds. The van der Waals surface area contributed by atoms with Crippen molar-refractivity contribution in [1.29, 1.82) is 0 Å². The van der Waals surface area contributed by atoms with Gasteiger partial charge in [0.25, 0.3) is 5.91 Å². The number of carbonyl (C=O) groups is 2. The molecule has 120 valence electrons. The summed E-state index contributed by atoms with van der Waals surface area (Å²) in [6, 6.07) is 13.2. The smallest absolute Gasteiger partial charge is 0.269 e. The Bertz CT molecular complexity index is 666. The van der Waals surface area contributed by atoms with Gasteiger partial charge in [-0.3, -0.25) is 20.4 Å². The highest BCUT2D eigenvalue weighted by Gasteiger charge is 2.07. The Morgan fingerprint density at radius 1 is 0.913 bits per heavy atom. The standard InChI is InChI=1S/C18H19FN2O2/c1-2-13-3-5-14(6-4-13)7-12-17(22)20-21-18(23)15-8-10-16(19)11-9-15/h3-6,8-11H,2,7,12H2,1H3,(H,20,22)(H,21,23). The number of rotatable bonds is 5. The molecule has 0 saturated carbocycles. The lowest BCUT2D eigenvalue weighted by atomic mass is 10.1. The molecule has 0 radical (unpaired) electrons. The second-order valence-corrected chi connectivity index (χ2v) is 5.18. The summed E-state index contributed by atoms with van der Waals surface area (Å²) in [6.45, 7) is 2.09. The van der Waals surface area contributed by atoms with Gasteiger partial charge in [-0.1, -0.05) is 31.2 Å². The minimum atomic E-state index is -0.481. The van der Waals surface area contributed by atoms with Crippen molar-refractivity contribution in [2.24, 2.45) is 0 Å². The zero-order valence-corrected chi connectivity index (χ0v) is 12.9. The van der Waals surface area contributed by atoms with E-state index in [0.717, 1.165) is 12.0 Å². The molecule has 4 nitrogen and oxygen atoms in total. The van der Waals surface area contributed by atoms with E-state index in [2.05, 4.69) is 17.8 Å². The van der Waals surface area contributed by atoms with Crippen LogP contribution in [0.3, 0.4) is 0 Å². The first-order valence-electron chi connectivity index (χ1n) is 7.51. The monoisotopic (exact) mass is 314 g/mol. The molecule has 0 fully saturated rings. The van der Waals surface area contributed by atoms with Gasteiger partial charge in [0.1, 0.15) is 5.82 Å². The highest BCUT2D eigenvalue weighted by molar-refractivity contribution is 5.95. The molecule has 2 rings (SSSR count). The van der Waals surface area contributed by atoms with E-state index < -0.39 is 11.7 Å². The van der Waals surface area contributed by atoms with Crippen LogP contribution in [-0.4, -0.2) is 11.8 Å². The lowest BCUT2D eigenvalue weighted by Gasteiger charge is -2.08. The summed E-state index contributed by atoms with van der Waals surface area (Å²) in [4.78, 5) is 23.5. The summed E-state index contributed by atoms with van der Waals surface area (Å²) < 4.78 is 12.8. The Morgan fingerprint density at radius 3 is 2.13 bits per heavy atom. The number of hydrogen-bond acceptors (Lipinski definition) is 2. The lowest BCUT2D eigenvalue weighted by molar-refractivity contribution is -0.121. The van der Waals surface area contributed by atoms with Crippen molar-refractivity contribution < 1.29 is 14.0 Å². The average molecular weight is 314 g/mol. The van der Waals surface area contributed by atoms with Crippen molar-refractivity contribution in [3.63, 3.8) is 0 Å². The topological polar surface area (TPSA) is 58.2 Å². The fourth-order valence-corrected chi connectivity index (χ4v) is 2.06. The van der Waals surface area contributed by atoms with Crippen LogP contribution in [0.1, 0.15) is 34.8 Å². The van der Waals surface area contributed by atoms with E-state index in [4.69, 9.17) is 0 Å². The van der Waals surface area contributed by atoms with E-state index in [9.17, 15) is 14.0 Å². The Kier molecular flexibility index (Phi) is 5.86. The van der Waals surface area contributed by atoms with Crippen LogP contribution in [0.4, 0.5) is 4.39 Å². The molecule has 0 aliphatic carbocycles. The zero-order valence-electron chi connectivity index (χ0n) is 12.9. The Morgan fingerprint density at radius 2 is 1.52 bits per heavy atom. The zero-order chi connectivity index (χ0) is 16.7. The van der Waals surface area contributed by atoms with Crippen LogP contribution in [0.25, 0.3) is 0 Å². The minimum Gasteiger partial charge on any atom is -0.273 e. The van der Waals surface area contributed by atoms with Crippen LogP contribution in [0.15, 0.2) is 48.5 Å². The number of hydrazine groups is 1. The quantitative estimate of drug-likeness (QED) is 0.834. The number of benzene rings is 2. The highest BCUT2D eigenvalue weighted by atomic mass is 19.1. The fraction of sp³-hybridized carbons (Fsp3) is 0.222. The van der Waals surface area contributed by atoms with Crippen LogP contribution in [0.2, 0.25) is 0 Å². The van der Waals surface area contributed by atoms with Gasteiger partial charge in [0.2, 0.25) is 5.91 Å². The van der Waals surface area contributed by atoms with Gasteiger partial charge < -0.3 is 0 Å². The molecule has 0 aromatic heterocycles. The lowest BCUT2D eigenvalue weighted by Crippen LogP contribution is -2.41. The van der Waals surface area contributed by atoms with Crippen LogP contribution in [0.5, 0.6) is 0 Å². The van der Waals surface area contributed by atoms with Crippen LogP contribution >= 0.6 is 0 Å². The van der Waals surface area contributed by atoms with Gasteiger partial charge in [-0.2, -0.15) is 0 Å². The van der Waals surface area contributed by atoms with Crippen molar-refractivity contribution in [3.8, 4) is 0 Å². The van der Waals surface area contributed by atoms with E-state index in [1.54, 1.807) is 0 Å². The second-order valence-electron chi connectivity index (χ2n) is 5.18. The fourth-order valence-electron chi connectivity index (χ4n) is 2.06. The van der Waals surface area contributed by atoms with Crippen LogP contribution in [-0.2, 0) is 17.6 Å². The third-order valence-corrected chi connectivity index (χ3v) is 3.49. The van der Waals surface area contributed by atoms with Gasteiger partial charge in [0.15, 0.2) is 0 Å². The molecule has 2 aromatic carbocycles. The maximum atomic E-state index is 12.8. The molecule has 0 saturated heterocycles. The maximum Gasteiger partial charge on any atom is 0.269 e. The Balaban J connectivity index is 1.76. The predicted octanol–water partition coefficient (Wildman–Crippen LogP) is 2.78. The molecule has 0 aliphatic heterocycles. The largest absolute Gasteiger partial charge is 0.273 e. The summed E-state index contributed by atoms with van der Waals surface area (Å²) in [5.74, 6) is -1.18. The second kappa shape index (κ2) is 8.08. The summed E-state index contributed by atoms with van der Waals surface area (Å²) >= 11 is 0. The van der Waals surface area contributed by atoms with Gasteiger partial charge >= 0.3 is 0 Å². The molecule has 23 heavy (non-hydrogen) atoms. The van der Waals surface area contributed by atoms with Crippen molar-refractivity contribution in [3.05, 3.63) is 71.0 Å². The van der Waals surface area contributed by atoms with Crippen molar-refractivity contribution >= 4 is 11.8 Å². The third-order valence-electron chi connectivity index (χ3n) is 3.49. The molecule has 0 bridgehead atoms. The van der Waals surface area contributed by atoms with Gasteiger partial charge in [0.05, 0.1) is 0 Å². The number of carbonyl (C=O) groups excluding carboxylic acids is 2. The first-order chi connectivity index (χ1) is 11.1. The first kappa shape index (κ1) is 16.7. The summed E-state index contributed by atoms with van der Waals surface area (Å²) in [5, 5.41) is 0. The number of hydrogen-bond donors (Lipinski definition) is 2. The van der Waals surface area contributed by atoms with E-state index in [1.807, 2.05) is 24.3 Å². The molecule has 0 aliphatic rings. The van der Waals surface area contributed by atoms with E-state index >= 15 is 0 Å². The average Bonchev–Trinajstić information content (AvgIpc) is 2.59. The third kappa shape index (κ3) is 5.21. The molecular weight excluding hydrogens is 295 g/mol. The Hall–Kier alpha value is -2.69. The van der Waals surface area contributed by atoms with Gasteiger partial charge in [0, 0.05) is 12.0 Å². The molecule has 2 N–H and O–H groups in total. The highest BCUT2D eigenvalue weighted by Crippen LogP contribution is 2.07. The van der Waals surface area contributed by atoms with E-state index in [0.29, 0.717) is 6.42 Å². The summed E-state index contributed by atoms with van der Waals surface area (Å²) in [5.41, 5.74) is 7.27. The van der Waals surface area contributed by atoms with Crippen LogP contribution in [0, 0.1) is 5.82 Å². The maximum absolute atomic E-state index is 12.8.